The van der Waals surface area contributed by atoms with E-state index in [0.717, 1.165) is 6.42 Å². The summed E-state index contributed by atoms with van der Waals surface area (Å²) in [6, 6.07) is 11.2. The third-order valence-corrected chi connectivity index (χ3v) is 3.94. The van der Waals surface area contributed by atoms with Crippen LogP contribution in [0.3, 0.4) is 0 Å². The van der Waals surface area contributed by atoms with Gasteiger partial charge in [-0.2, -0.15) is 0 Å². The number of rotatable bonds is 7. The van der Waals surface area contributed by atoms with Crippen LogP contribution in [0.15, 0.2) is 42.5 Å². The summed E-state index contributed by atoms with van der Waals surface area (Å²) in [5.74, 6) is -0.621. The average Bonchev–Trinajstić information content (AvgIpc) is 2.61. The van der Waals surface area contributed by atoms with Crippen LogP contribution in [-0.4, -0.2) is 32.1 Å². The van der Waals surface area contributed by atoms with Gasteiger partial charge in [-0.05, 0) is 42.8 Å². The average molecular weight is 381 g/mol. The number of nitrogens with one attached hydrogen (secondary N) is 2. The van der Waals surface area contributed by atoms with Gasteiger partial charge in [0, 0.05) is 36.4 Å². The number of hydrogen-bond acceptors (Lipinski definition) is 3. The van der Waals surface area contributed by atoms with Crippen molar-refractivity contribution < 1.29 is 14.3 Å². The van der Waals surface area contributed by atoms with Crippen LogP contribution in [0.1, 0.15) is 27.1 Å². The highest BCUT2D eigenvalue weighted by Gasteiger charge is 2.12. The van der Waals surface area contributed by atoms with Crippen LogP contribution in [0.5, 0.6) is 0 Å². The van der Waals surface area contributed by atoms with Gasteiger partial charge in [0.15, 0.2) is 0 Å². The Labute approximate surface area is 156 Å². The highest BCUT2D eigenvalue weighted by molar-refractivity contribution is 6.35. The number of methoxy groups -OCH3 is 1. The molecule has 2 aromatic rings. The van der Waals surface area contributed by atoms with Crippen LogP contribution in [0, 0.1) is 0 Å². The Morgan fingerprint density at radius 1 is 1.04 bits per heavy atom. The molecule has 2 rings (SSSR count). The second kappa shape index (κ2) is 9.42. The molecule has 0 aliphatic rings. The molecule has 132 valence electrons. The Morgan fingerprint density at radius 2 is 1.76 bits per heavy atom. The van der Waals surface area contributed by atoms with Gasteiger partial charge < -0.3 is 15.4 Å². The molecule has 5 nitrogen and oxygen atoms in total. The second-order valence-electron chi connectivity index (χ2n) is 5.26. The molecule has 0 bridgehead atoms. The maximum Gasteiger partial charge on any atom is 0.255 e. The van der Waals surface area contributed by atoms with E-state index in [1.54, 1.807) is 43.5 Å². The summed E-state index contributed by atoms with van der Waals surface area (Å²) in [6.07, 6.45) is 0.718. The van der Waals surface area contributed by atoms with Crippen LogP contribution in [-0.2, 0) is 4.74 Å². The third kappa shape index (κ3) is 5.74. The van der Waals surface area contributed by atoms with Crippen molar-refractivity contribution in [2.24, 2.45) is 0 Å². The lowest BCUT2D eigenvalue weighted by atomic mass is 10.1. The Balaban J connectivity index is 2.05. The molecule has 0 unspecified atom stereocenters. The van der Waals surface area contributed by atoms with Gasteiger partial charge in [0.25, 0.3) is 11.8 Å². The van der Waals surface area contributed by atoms with Crippen molar-refractivity contribution >= 4 is 40.7 Å². The minimum Gasteiger partial charge on any atom is -0.385 e. The number of amides is 2. The van der Waals surface area contributed by atoms with Crippen LogP contribution >= 0.6 is 23.2 Å². The first-order valence-electron chi connectivity index (χ1n) is 7.65. The standard InChI is InChI=1S/C18H18Cl2N2O3/c1-25-9-3-8-21-17(23)12-4-2-5-13(10-12)18(24)22-16-11-14(19)6-7-15(16)20/h2,4-7,10-11H,3,8-9H2,1H3,(H,21,23)(H,22,24). The Morgan fingerprint density at radius 3 is 2.48 bits per heavy atom. The van der Waals surface area contributed by atoms with Gasteiger partial charge in [-0.1, -0.05) is 29.3 Å². The van der Waals surface area contributed by atoms with Gasteiger partial charge in [-0.15, -0.1) is 0 Å². The van der Waals surface area contributed by atoms with Gasteiger partial charge in [-0.25, -0.2) is 0 Å². The Hall–Kier alpha value is -2.08. The zero-order valence-corrected chi connectivity index (χ0v) is 15.2. The van der Waals surface area contributed by atoms with Crippen molar-refractivity contribution in [2.75, 3.05) is 25.6 Å². The summed E-state index contributed by atoms with van der Waals surface area (Å²) in [5.41, 5.74) is 1.16. The zero-order chi connectivity index (χ0) is 18.2. The summed E-state index contributed by atoms with van der Waals surface area (Å²) in [6.45, 7) is 1.07. The van der Waals surface area contributed by atoms with Gasteiger partial charge in [-0.3, -0.25) is 9.59 Å². The highest BCUT2D eigenvalue weighted by Crippen LogP contribution is 2.25. The molecule has 0 spiro atoms. The maximum absolute atomic E-state index is 12.4. The van der Waals surface area contributed by atoms with Crippen molar-refractivity contribution in [3.05, 3.63) is 63.6 Å². The molecular formula is C18H18Cl2N2O3. The molecule has 0 saturated carbocycles. The first kappa shape index (κ1) is 19.2. The van der Waals surface area contributed by atoms with E-state index in [-0.39, 0.29) is 11.8 Å². The number of carbonyl (C=O) groups excluding carboxylic acids is 2. The van der Waals surface area contributed by atoms with Crippen molar-refractivity contribution in [2.45, 2.75) is 6.42 Å². The largest absolute Gasteiger partial charge is 0.385 e. The van der Waals surface area contributed by atoms with E-state index in [1.807, 2.05) is 0 Å². The van der Waals surface area contributed by atoms with Gasteiger partial charge >= 0.3 is 0 Å². The maximum atomic E-state index is 12.4. The summed E-state index contributed by atoms with van der Waals surface area (Å²) < 4.78 is 4.93. The monoisotopic (exact) mass is 380 g/mol. The number of benzene rings is 2. The van der Waals surface area contributed by atoms with E-state index < -0.39 is 0 Å². The molecule has 2 amide bonds. The molecule has 0 aliphatic carbocycles. The van der Waals surface area contributed by atoms with E-state index in [2.05, 4.69) is 10.6 Å². The van der Waals surface area contributed by atoms with Crippen molar-refractivity contribution in [3.8, 4) is 0 Å². The van der Waals surface area contributed by atoms with Crippen molar-refractivity contribution in [3.63, 3.8) is 0 Å². The lowest BCUT2D eigenvalue weighted by molar-refractivity contribution is 0.0948. The molecule has 0 aliphatic heterocycles. The molecular weight excluding hydrogens is 363 g/mol. The molecule has 0 atom stereocenters. The van der Waals surface area contributed by atoms with E-state index in [0.29, 0.717) is 40.0 Å². The predicted molar refractivity (Wildman–Crippen MR) is 99.7 cm³/mol. The molecule has 0 radical (unpaired) electrons. The van der Waals surface area contributed by atoms with E-state index in [9.17, 15) is 9.59 Å². The van der Waals surface area contributed by atoms with E-state index >= 15 is 0 Å². The van der Waals surface area contributed by atoms with Gasteiger partial charge in [0.1, 0.15) is 0 Å². The van der Waals surface area contributed by atoms with E-state index in [1.165, 1.54) is 6.07 Å². The Bertz CT molecular complexity index is 766. The van der Waals surface area contributed by atoms with Crippen LogP contribution in [0.25, 0.3) is 0 Å². The summed E-state index contributed by atoms with van der Waals surface area (Å²) in [4.78, 5) is 24.5. The molecule has 0 saturated heterocycles. The zero-order valence-electron chi connectivity index (χ0n) is 13.6. The van der Waals surface area contributed by atoms with E-state index in [4.69, 9.17) is 27.9 Å². The minimum atomic E-state index is -0.377. The minimum absolute atomic E-state index is 0.244. The topological polar surface area (TPSA) is 67.4 Å². The molecule has 2 N–H and O–H groups in total. The number of hydrogen-bond donors (Lipinski definition) is 2. The van der Waals surface area contributed by atoms with Gasteiger partial charge in [0.2, 0.25) is 0 Å². The summed E-state index contributed by atoms with van der Waals surface area (Å²) >= 11 is 12.0. The lowest BCUT2D eigenvalue weighted by Gasteiger charge is -2.09. The van der Waals surface area contributed by atoms with Gasteiger partial charge in [0.05, 0.1) is 10.7 Å². The quantitative estimate of drug-likeness (QED) is 0.712. The van der Waals surface area contributed by atoms with Crippen molar-refractivity contribution in [1.82, 2.24) is 5.32 Å². The normalized spacial score (nSPS) is 10.4. The number of anilines is 1. The predicted octanol–water partition coefficient (Wildman–Crippen LogP) is 4.01. The van der Waals surface area contributed by atoms with Crippen LogP contribution in [0.2, 0.25) is 10.0 Å². The number of carbonyl (C=O) groups is 2. The van der Waals surface area contributed by atoms with Crippen LogP contribution in [0.4, 0.5) is 5.69 Å². The third-order valence-electron chi connectivity index (χ3n) is 3.37. The Kier molecular flexibility index (Phi) is 7.25. The smallest absolute Gasteiger partial charge is 0.255 e. The highest BCUT2D eigenvalue weighted by atomic mass is 35.5. The number of halogens is 2. The SMILES string of the molecule is COCCCNC(=O)c1cccc(C(=O)Nc2cc(Cl)ccc2Cl)c1. The van der Waals surface area contributed by atoms with Crippen molar-refractivity contribution in [1.29, 1.82) is 0 Å². The fraction of sp³-hybridized carbons (Fsp3) is 0.222. The first-order valence-corrected chi connectivity index (χ1v) is 8.40. The fourth-order valence-electron chi connectivity index (χ4n) is 2.11. The second-order valence-corrected chi connectivity index (χ2v) is 6.10. The summed E-state index contributed by atoms with van der Waals surface area (Å²) in [5, 5.41) is 6.31. The lowest BCUT2D eigenvalue weighted by Crippen LogP contribution is -2.25. The summed E-state index contributed by atoms with van der Waals surface area (Å²) in [7, 11) is 1.61. The molecule has 0 heterocycles. The van der Waals surface area contributed by atoms with Crippen LogP contribution < -0.4 is 10.6 Å². The molecule has 25 heavy (non-hydrogen) atoms. The molecule has 0 aromatic heterocycles. The molecule has 2 aromatic carbocycles. The first-order chi connectivity index (χ1) is 12.0. The molecule has 7 heteroatoms. The molecule has 0 fully saturated rings. The number of ether oxygens (including phenoxy) is 1. The fourth-order valence-corrected chi connectivity index (χ4v) is 2.45.